The molecule has 0 unspecified atom stereocenters. The van der Waals surface area contributed by atoms with Crippen molar-refractivity contribution < 1.29 is 8.91 Å². The van der Waals surface area contributed by atoms with Crippen LogP contribution in [0.15, 0.2) is 53.1 Å². The van der Waals surface area contributed by atoms with Crippen LogP contribution in [0.3, 0.4) is 0 Å². The molecule has 0 spiro atoms. The lowest BCUT2D eigenvalue weighted by atomic mass is 10.0. The largest absolute Gasteiger partial charge is 0.339 e. The van der Waals surface area contributed by atoms with Crippen molar-refractivity contribution in [3.8, 4) is 11.4 Å². The monoisotopic (exact) mass is 283 g/mol. The van der Waals surface area contributed by atoms with Crippen LogP contribution < -0.4 is 5.73 Å². The number of rotatable bonds is 4. The van der Waals surface area contributed by atoms with Crippen molar-refractivity contribution >= 4 is 0 Å². The van der Waals surface area contributed by atoms with E-state index in [9.17, 15) is 4.39 Å². The predicted octanol–water partition coefficient (Wildman–Crippen LogP) is 2.93. The van der Waals surface area contributed by atoms with E-state index in [4.69, 9.17) is 10.3 Å². The van der Waals surface area contributed by atoms with E-state index in [0.29, 0.717) is 30.2 Å². The minimum Gasteiger partial charge on any atom is -0.339 e. The fraction of sp³-hybridized carbons (Fsp3) is 0.125. The zero-order chi connectivity index (χ0) is 14.7. The van der Waals surface area contributed by atoms with E-state index in [2.05, 4.69) is 10.1 Å². The highest BCUT2D eigenvalue weighted by atomic mass is 19.1. The molecule has 0 aliphatic heterocycles. The number of hydrogen-bond donors (Lipinski definition) is 1. The average molecular weight is 283 g/mol. The van der Waals surface area contributed by atoms with Crippen LogP contribution in [0.5, 0.6) is 0 Å². The number of nitrogens with two attached hydrogens (primary N) is 1. The second-order valence-corrected chi connectivity index (χ2v) is 4.67. The maximum absolute atomic E-state index is 13.2. The molecule has 2 N–H and O–H groups in total. The Morgan fingerprint density at radius 2 is 1.86 bits per heavy atom. The summed E-state index contributed by atoms with van der Waals surface area (Å²) in [7, 11) is 0. The van der Waals surface area contributed by atoms with Gasteiger partial charge in [0.15, 0.2) is 0 Å². The van der Waals surface area contributed by atoms with Gasteiger partial charge in [0, 0.05) is 12.1 Å². The summed E-state index contributed by atoms with van der Waals surface area (Å²) in [5, 5.41) is 3.90. The van der Waals surface area contributed by atoms with Gasteiger partial charge in [-0.3, -0.25) is 0 Å². The summed E-state index contributed by atoms with van der Waals surface area (Å²) in [6, 6.07) is 13.9. The lowest BCUT2D eigenvalue weighted by molar-refractivity contribution is 0.385. The van der Waals surface area contributed by atoms with E-state index in [1.807, 2.05) is 24.3 Å². The Balaban J connectivity index is 1.85. The minimum atomic E-state index is -0.327. The van der Waals surface area contributed by atoms with Gasteiger partial charge in [-0.25, -0.2) is 4.39 Å². The highest BCUT2D eigenvalue weighted by Crippen LogP contribution is 2.19. The molecule has 0 atom stereocenters. The molecule has 1 heterocycles. The zero-order valence-corrected chi connectivity index (χ0v) is 11.3. The lowest BCUT2D eigenvalue weighted by Crippen LogP contribution is -2.02. The minimum absolute atomic E-state index is 0.327. The van der Waals surface area contributed by atoms with E-state index in [-0.39, 0.29) is 5.82 Å². The van der Waals surface area contributed by atoms with Gasteiger partial charge in [-0.05, 0) is 23.3 Å². The summed E-state index contributed by atoms with van der Waals surface area (Å²) < 4.78 is 18.4. The van der Waals surface area contributed by atoms with E-state index in [1.165, 1.54) is 12.1 Å². The highest BCUT2D eigenvalue weighted by Gasteiger charge is 2.11. The molecule has 0 aliphatic rings. The second kappa shape index (κ2) is 5.85. The van der Waals surface area contributed by atoms with Gasteiger partial charge in [-0.1, -0.05) is 41.6 Å². The van der Waals surface area contributed by atoms with Crippen LogP contribution in [0.1, 0.15) is 17.0 Å². The standard InChI is InChI=1S/C16H14FN3O/c17-14-7-3-6-12(8-14)16-19-15(21-20-16)9-11-4-1-2-5-13(11)10-18/h1-8H,9-10,18H2. The van der Waals surface area contributed by atoms with E-state index >= 15 is 0 Å². The molecule has 3 aromatic rings. The van der Waals surface area contributed by atoms with Crippen molar-refractivity contribution in [2.45, 2.75) is 13.0 Å². The summed E-state index contributed by atoms with van der Waals surface area (Å²) in [5.74, 6) is 0.539. The molecule has 0 amide bonds. The van der Waals surface area contributed by atoms with Gasteiger partial charge in [0.25, 0.3) is 0 Å². The predicted molar refractivity (Wildman–Crippen MR) is 76.8 cm³/mol. The quantitative estimate of drug-likeness (QED) is 0.799. The topological polar surface area (TPSA) is 64.9 Å². The van der Waals surface area contributed by atoms with Crippen molar-refractivity contribution in [1.82, 2.24) is 10.1 Å². The van der Waals surface area contributed by atoms with Crippen LogP contribution in [0.2, 0.25) is 0 Å². The van der Waals surface area contributed by atoms with Gasteiger partial charge < -0.3 is 10.3 Å². The molecular formula is C16H14FN3O. The van der Waals surface area contributed by atoms with Gasteiger partial charge in [-0.15, -0.1) is 0 Å². The first-order valence-electron chi connectivity index (χ1n) is 6.61. The van der Waals surface area contributed by atoms with Crippen molar-refractivity contribution in [2.24, 2.45) is 5.73 Å². The maximum atomic E-state index is 13.2. The molecule has 1 aromatic heterocycles. The van der Waals surface area contributed by atoms with Crippen molar-refractivity contribution in [2.75, 3.05) is 0 Å². The Kier molecular flexibility index (Phi) is 3.75. The molecule has 0 saturated carbocycles. The summed E-state index contributed by atoms with van der Waals surface area (Å²) in [5.41, 5.74) is 8.40. The van der Waals surface area contributed by atoms with Crippen molar-refractivity contribution in [3.63, 3.8) is 0 Å². The molecule has 4 nitrogen and oxygen atoms in total. The SMILES string of the molecule is NCc1ccccc1Cc1nc(-c2cccc(F)c2)no1. The van der Waals surface area contributed by atoms with Crippen molar-refractivity contribution in [1.29, 1.82) is 0 Å². The molecule has 21 heavy (non-hydrogen) atoms. The molecule has 0 aliphatic carbocycles. The van der Waals surface area contributed by atoms with Crippen LogP contribution in [0.25, 0.3) is 11.4 Å². The summed E-state index contributed by atoms with van der Waals surface area (Å²) in [4.78, 5) is 4.31. The Labute approximate surface area is 121 Å². The molecule has 3 rings (SSSR count). The van der Waals surface area contributed by atoms with Crippen LogP contribution in [0.4, 0.5) is 4.39 Å². The third kappa shape index (κ3) is 2.98. The number of nitrogens with zero attached hydrogens (tertiary/aromatic N) is 2. The zero-order valence-electron chi connectivity index (χ0n) is 11.3. The van der Waals surface area contributed by atoms with E-state index < -0.39 is 0 Å². The van der Waals surface area contributed by atoms with Crippen LogP contribution in [0, 0.1) is 5.82 Å². The van der Waals surface area contributed by atoms with Crippen LogP contribution >= 0.6 is 0 Å². The molecule has 0 saturated heterocycles. The number of aromatic nitrogens is 2. The summed E-state index contributed by atoms with van der Waals surface area (Å²) in [6.07, 6.45) is 0.510. The van der Waals surface area contributed by atoms with Gasteiger partial charge >= 0.3 is 0 Å². The Hall–Kier alpha value is -2.53. The van der Waals surface area contributed by atoms with Crippen LogP contribution in [-0.2, 0) is 13.0 Å². The summed E-state index contributed by atoms with van der Waals surface area (Å²) >= 11 is 0. The molecule has 5 heteroatoms. The van der Waals surface area contributed by atoms with Crippen molar-refractivity contribution in [3.05, 3.63) is 71.4 Å². The third-order valence-corrected chi connectivity index (χ3v) is 3.23. The van der Waals surface area contributed by atoms with Gasteiger partial charge in [0.2, 0.25) is 11.7 Å². The Morgan fingerprint density at radius 1 is 1.05 bits per heavy atom. The van der Waals surface area contributed by atoms with E-state index in [1.54, 1.807) is 12.1 Å². The van der Waals surface area contributed by atoms with Gasteiger partial charge in [0.1, 0.15) is 5.82 Å². The maximum Gasteiger partial charge on any atom is 0.231 e. The van der Waals surface area contributed by atoms with Gasteiger partial charge in [0.05, 0.1) is 6.42 Å². The fourth-order valence-corrected chi connectivity index (χ4v) is 2.16. The first-order valence-corrected chi connectivity index (χ1v) is 6.61. The third-order valence-electron chi connectivity index (χ3n) is 3.23. The molecular weight excluding hydrogens is 269 g/mol. The molecule has 0 fully saturated rings. The molecule has 2 aromatic carbocycles. The number of benzene rings is 2. The second-order valence-electron chi connectivity index (χ2n) is 4.67. The van der Waals surface area contributed by atoms with Gasteiger partial charge in [-0.2, -0.15) is 4.98 Å². The normalized spacial score (nSPS) is 10.8. The Morgan fingerprint density at radius 3 is 2.62 bits per heavy atom. The van der Waals surface area contributed by atoms with Crippen LogP contribution in [-0.4, -0.2) is 10.1 Å². The highest BCUT2D eigenvalue weighted by molar-refractivity contribution is 5.53. The number of halogens is 1. The average Bonchev–Trinajstić information content (AvgIpc) is 2.96. The smallest absolute Gasteiger partial charge is 0.231 e. The van der Waals surface area contributed by atoms with E-state index in [0.717, 1.165) is 11.1 Å². The summed E-state index contributed by atoms with van der Waals surface area (Å²) in [6.45, 7) is 0.459. The number of hydrogen-bond acceptors (Lipinski definition) is 4. The first-order chi connectivity index (χ1) is 10.3. The Bertz CT molecular complexity index is 755. The molecule has 0 bridgehead atoms. The molecule has 0 radical (unpaired) electrons. The first kappa shape index (κ1) is 13.5. The fourth-order valence-electron chi connectivity index (χ4n) is 2.16. The lowest BCUT2D eigenvalue weighted by Gasteiger charge is -2.03. The molecule has 106 valence electrons.